The van der Waals surface area contributed by atoms with Crippen molar-refractivity contribution in [2.75, 3.05) is 23.7 Å². The number of nitrogens with zero attached hydrogens (tertiary/aromatic N) is 1. The standard InChI is InChI=1S/C18H14Cl3N3O4/c19-10-4-12(20)17(13(21)5-10)22-23-18(26)9-3-16(25)24(7-9)11-1-2-14-15(6-11)28-8-27-14/h1-2,4-6,9,22H,3,7-8H2,(H,23,26). The third-order valence-electron chi connectivity index (χ3n) is 4.48. The zero-order valence-corrected chi connectivity index (χ0v) is 16.6. The fraction of sp³-hybridized carbons (Fsp3) is 0.222. The number of rotatable bonds is 4. The fourth-order valence-corrected chi connectivity index (χ4v) is 3.99. The van der Waals surface area contributed by atoms with Crippen LogP contribution in [0.2, 0.25) is 15.1 Å². The zero-order valence-electron chi connectivity index (χ0n) is 14.3. The van der Waals surface area contributed by atoms with E-state index in [1.54, 1.807) is 23.1 Å². The fourth-order valence-electron chi connectivity index (χ4n) is 3.07. The third kappa shape index (κ3) is 3.65. The highest BCUT2D eigenvalue weighted by atomic mass is 35.5. The number of hydrogen-bond donors (Lipinski definition) is 2. The van der Waals surface area contributed by atoms with Crippen LogP contribution in [0.5, 0.6) is 11.5 Å². The highest BCUT2D eigenvalue weighted by Crippen LogP contribution is 2.37. The minimum Gasteiger partial charge on any atom is -0.454 e. The van der Waals surface area contributed by atoms with Gasteiger partial charge in [-0.25, -0.2) is 0 Å². The van der Waals surface area contributed by atoms with E-state index in [9.17, 15) is 9.59 Å². The van der Waals surface area contributed by atoms with Crippen molar-refractivity contribution < 1.29 is 19.1 Å². The first-order valence-corrected chi connectivity index (χ1v) is 9.46. The van der Waals surface area contributed by atoms with Crippen LogP contribution in [0.1, 0.15) is 6.42 Å². The van der Waals surface area contributed by atoms with Gasteiger partial charge in [0.1, 0.15) is 0 Å². The second-order valence-electron chi connectivity index (χ2n) is 6.30. The van der Waals surface area contributed by atoms with Crippen LogP contribution >= 0.6 is 34.8 Å². The Labute approximate surface area is 175 Å². The molecule has 28 heavy (non-hydrogen) atoms. The largest absolute Gasteiger partial charge is 0.454 e. The Balaban J connectivity index is 1.42. The lowest BCUT2D eigenvalue weighted by Gasteiger charge is -2.18. The van der Waals surface area contributed by atoms with Crippen molar-refractivity contribution in [3.8, 4) is 11.5 Å². The number of ether oxygens (including phenoxy) is 2. The van der Waals surface area contributed by atoms with Gasteiger partial charge in [-0.3, -0.25) is 20.4 Å². The Morgan fingerprint density at radius 2 is 1.79 bits per heavy atom. The highest BCUT2D eigenvalue weighted by Gasteiger charge is 2.35. The van der Waals surface area contributed by atoms with Crippen LogP contribution in [0.25, 0.3) is 0 Å². The molecule has 146 valence electrons. The summed E-state index contributed by atoms with van der Waals surface area (Å²) in [5.74, 6) is 0.174. The molecular weight excluding hydrogens is 429 g/mol. The molecule has 1 unspecified atom stereocenters. The highest BCUT2D eigenvalue weighted by molar-refractivity contribution is 6.41. The van der Waals surface area contributed by atoms with E-state index in [0.717, 1.165) is 0 Å². The maximum absolute atomic E-state index is 12.5. The van der Waals surface area contributed by atoms with Crippen molar-refractivity contribution >= 4 is 58.0 Å². The van der Waals surface area contributed by atoms with Crippen LogP contribution < -0.4 is 25.2 Å². The molecule has 4 rings (SSSR count). The van der Waals surface area contributed by atoms with Crippen molar-refractivity contribution in [1.29, 1.82) is 0 Å². The molecule has 7 nitrogen and oxygen atoms in total. The monoisotopic (exact) mass is 441 g/mol. The number of anilines is 2. The SMILES string of the molecule is O=C(NNc1c(Cl)cc(Cl)cc1Cl)C1CC(=O)N(c2ccc3c(c2)OCO3)C1. The van der Waals surface area contributed by atoms with Gasteiger partial charge in [0.05, 0.1) is 21.7 Å². The average Bonchev–Trinajstić information content (AvgIpc) is 3.26. The average molecular weight is 443 g/mol. The minimum atomic E-state index is -0.532. The topological polar surface area (TPSA) is 79.9 Å². The van der Waals surface area contributed by atoms with Gasteiger partial charge in [-0.2, -0.15) is 0 Å². The van der Waals surface area contributed by atoms with E-state index in [1.165, 1.54) is 12.1 Å². The van der Waals surface area contributed by atoms with E-state index in [2.05, 4.69) is 10.9 Å². The Morgan fingerprint density at radius 3 is 2.54 bits per heavy atom. The number of benzene rings is 2. The second kappa shape index (κ2) is 7.58. The van der Waals surface area contributed by atoms with Crippen molar-refractivity contribution in [3.05, 3.63) is 45.4 Å². The molecule has 2 amide bonds. The van der Waals surface area contributed by atoms with Crippen LogP contribution in [0.4, 0.5) is 11.4 Å². The van der Waals surface area contributed by atoms with Crippen LogP contribution in [-0.4, -0.2) is 25.2 Å². The molecule has 2 aromatic carbocycles. The molecule has 1 atom stereocenters. The number of halogens is 3. The van der Waals surface area contributed by atoms with Gasteiger partial charge in [0.15, 0.2) is 11.5 Å². The predicted molar refractivity (Wildman–Crippen MR) is 106 cm³/mol. The molecule has 2 N–H and O–H groups in total. The van der Waals surface area contributed by atoms with Crippen LogP contribution in [0.15, 0.2) is 30.3 Å². The molecule has 1 saturated heterocycles. The number of carbonyl (C=O) groups excluding carboxylic acids is 2. The lowest BCUT2D eigenvalue weighted by atomic mass is 10.1. The molecule has 2 heterocycles. The van der Waals surface area contributed by atoms with Crippen LogP contribution in [0, 0.1) is 5.92 Å². The Hall–Kier alpha value is -2.35. The van der Waals surface area contributed by atoms with Gasteiger partial charge in [0, 0.05) is 29.7 Å². The quantitative estimate of drug-likeness (QED) is 0.703. The first kappa shape index (κ1) is 19.0. The molecule has 0 bridgehead atoms. The molecule has 2 aliphatic heterocycles. The first-order valence-electron chi connectivity index (χ1n) is 8.33. The summed E-state index contributed by atoms with van der Waals surface area (Å²) in [4.78, 5) is 26.5. The Bertz CT molecular complexity index is 946. The summed E-state index contributed by atoms with van der Waals surface area (Å²) in [6.07, 6.45) is 0.0873. The summed E-state index contributed by atoms with van der Waals surface area (Å²) < 4.78 is 10.6. The summed E-state index contributed by atoms with van der Waals surface area (Å²) in [6, 6.07) is 8.24. The Kier molecular flexibility index (Phi) is 5.14. The van der Waals surface area contributed by atoms with Crippen LogP contribution in [0.3, 0.4) is 0 Å². The lowest BCUT2D eigenvalue weighted by Crippen LogP contribution is -2.36. The molecule has 0 aliphatic carbocycles. The van der Waals surface area contributed by atoms with Gasteiger partial charge in [-0.15, -0.1) is 0 Å². The third-order valence-corrected chi connectivity index (χ3v) is 5.30. The number of amides is 2. The van der Waals surface area contributed by atoms with E-state index >= 15 is 0 Å². The van der Waals surface area contributed by atoms with Gasteiger partial charge in [0.2, 0.25) is 18.6 Å². The molecule has 0 spiro atoms. The smallest absolute Gasteiger partial charge is 0.243 e. The normalized spacial score (nSPS) is 17.8. The van der Waals surface area contributed by atoms with Gasteiger partial charge in [-0.1, -0.05) is 34.8 Å². The van der Waals surface area contributed by atoms with Crippen molar-refractivity contribution in [2.45, 2.75) is 6.42 Å². The number of nitrogens with one attached hydrogen (secondary N) is 2. The molecule has 10 heteroatoms. The lowest BCUT2D eigenvalue weighted by molar-refractivity contribution is -0.125. The van der Waals surface area contributed by atoms with Gasteiger partial charge in [-0.05, 0) is 24.3 Å². The second-order valence-corrected chi connectivity index (χ2v) is 7.55. The summed E-state index contributed by atoms with van der Waals surface area (Å²) in [7, 11) is 0. The van der Waals surface area contributed by atoms with E-state index < -0.39 is 5.92 Å². The number of carbonyl (C=O) groups is 2. The van der Waals surface area contributed by atoms with Crippen molar-refractivity contribution in [2.24, 2.45) is 5.92 Å². The maximum Gasteiger partial charge on any atom is 0.243 e. The number of hydrogen-bond acceptors (Lipinski definition) is 5. The molecule has 0 aromatic heterocycles. The van der Waals surface area contributed by atoms with E-state index in [0.29, 0.717) is 27.9 Å². The van der Waals surface area contributed by atoms with Gasteiger partial charge >= 0.3 is 0 Å². The molecule has 2 aliphatic rings. The predicted octanol–water partition coefficient (Wildman–Crippen LogP) is 3.87. The Morgan fingerprint density at radius 1 is 1.07 bits per heavy atom. The van der Waals surface area contributed by atoms with Gasteiger partial charge < -0.3 is 14.4 Å². The van der Waals surface area contributed by atoms with Gasteiger partial charge in [0.25, 0.3) is 0 Å². The van der Waals surface area contributed by atoms with Crippen molar-refractivity contribution in [3.63, 3.8) is 0 Å². The number of fused-ring (bicyclic) bond motifs is 1. The molecule has 1 fully saturated rings. The molecular formula is C18H14Cl3N3O4. The summed E-state index contributed by atoms with van der Waals surface area (Å²) in [5.41, 5.74) is 6.24. The first-order chi connectivity index (χ1) is 13.4. The molecule has 0 radical (unpaired) electrons. The van der Waals surface area contributed by atoms with E-state index in [-0.39, 0.29) is 41.6 Å². The zero-order chi connectivity index (χ0) is 19.8. The van der Waals surface area contributed by atoms with E-state index in [4.69, 9.17) is 44.3 Å². The van der Waals surface area contributed by atoms with Crippen molar-refractivity contribution in [1.82, 2.24) is 5.43 Å². The number of hydrazine groups is 1. The summed E-state index contributed by atoms with van der Waals surface area (Å²) in [6.45, 7) is 0.396. The van der Waals surface area contributed by atoms with E-state index in [1.807, 2.05) is 0 Å². The minimum absolute atomic E-state index is 0.0873. The van der Waals surface area contributed by atoms with Crippen LogP contribution in [-0.2, 0) is 9.59 Å². The summed E-state index contributed by atoms with van der Waals surface area (Å²) >= 11 is 18.0. The molecule has 2 aromatic rings. The maximum atomic E-state index is 12.5. The molecule has 0 saturated carbocycles. The summed E-state index contributed by atoms with van der Waals surface area (Å²) in [5, 5.41) is 0.914.